The quantitative estimate of drug-likeness (QED) is 0.437. The molecule has 0 radical (unpaired) electrons. The Balaban J connectivity index is 0.00000116. The Hall–Kier alpha value is -2.04. The monoisotopic (exact) mass is 308 g/mol. The molecule has 1 aromatic carbocycles. The van der Waals surface area contributed by atoms with Gasteiger partial charge in [0, 0.05) is 11.1 Å². The van der Waals surface area contributed by atoms with Gasteiger partial charge in [0.2, 0.25) is 0 Å². The van der Waals surface area contributed by atoms with Gasteiger partial charge in [0.1, 0.15) is 0 Å². The van der Waals surface area contributed by atoms with Gasteiger partial charge in [-0.2, -0.15) is 11.3 Å². The van der Waals surface area contributed by atoms with E-state index >= 15 is 0 Å². The first-order valence-electron chi connectivity index (χ1n) is 7.81. The van der Waals surface area contributed by atoms with E-state index in [9.17, 15) is 0 Å². The Morgan fingerprint density at radius 2 is 1.95 bits per heavy atom. The first kappa shape index (κ1) is 18.0. The maximum absolute atomic E-state index is 3.31. The molecule has 0 saturated carbocycles. The first-order chi connectivity index (χ1) is 10.8. The van der Waals surface area contributed by atoms with Crippen LogP contribution in [0.4, 0.5) is 0 Å². The Morgan fingerprint density at radius 1 is 1.18 bits per heavy atom. The maximum Gasteiger partial charge on any atom is 0.0327 e. The van der Waals surface area contributed by atoms with Crippen LogP contribution in [0.2, 0.25) is 0 Å². The third kappa shape index (κ3) is 5.39. The molecule has 114 valence electrons. The molecule has 2 aromatic rings. The number of benzene rings is 1. The van der Waals surface area contributed by atoms with Crippen molar-refractivity contribution >= 4 is 11.3 Å². The van der Waals surface area contributed by atoms with Crippen LogP contribution in [0, 0.1) is 11.8 Å². The summed E-state index contributed by atoms with van der Waals surface area (Å²) >= 11 is 1.71. The Labute approximate surface area is 139 Å². The van der Waals surface area contributed by atoms with E-state index in [0.29, 0.717) is 0 Å². The van der Waals surface area contributed by atoms with E-state index in [2.05, 4.69) is 65.9 Å². The first-order valence-corrected chi connectivity index (χ1v) is 8.76. The largest absolute Gasteiger partial charge is 0.152 e. The van der Waals surface area contributed by atoms with Gasteiger partial charge in [0.25, 0.3) is 0 Å². The van der Waals surface area contributed by atoms with E-state index in [1.807, 2.05) is 32.9 Å². The normalized spacial score (nSPS) is 10.6. The molecule has 0 fully saturated rings. The number of rotatable bonds is 3. The van der Waals surface area contributed by atoms with Crippen LogP contribution in [0.3, 0.4) is 0 Å². The zero-order chi connectivity index (χ0) is 16.2. The average molecular weight is 308 g/mol. The molecule has 1 heterocycles. The molecule has 1 aromatic heterocycles. The van der Waals surface area contributed by atoms with Gasteiger partial charge in [0.15, 0.2) is 0 Å². The minimum atomic E-state index is 1.00. The molecular formula is C21H24S. The number of hydrogen-bond acceptors (Lipinski definition) is 1. The third-order valence-corrected chi connectivity index (χ3v) is 3.55. The molecule has 1 heteroatoms. The summed E-state index contributed by atoms with van der Waals surface area (Å²) in [4.78, 5) is 0. The Kier molecular flexibility index (Phi) is 8.72. The summed E-state index contributed by atoms with van der Waals surface area (Å²) in [6, 6.07) is 10.5. The van der Waals surface area contributed by atoms with Crippen molar-refractivity contribution in [3.05, 3.63) is 70.5 Å². The minimum Gasteiger partial charge on any atom is -0.152 e. The van der Waals surface area contributed by atoms with E-state index in [0.717, 1.165) is 17.6 Å². The van der Waals surface area contributed by atoms with Crippen molar-refractivity contribution in [1.82, 2.24) is 0 Å². The third-order valence-electron chi connectivity index (χ3n) is 2.87. The molecule has 0 bridgehead atoms. The smallest absolute Gasteiger partial charge is 0.0327 e. The van der Waals surface area contributed by atoms with Crippen molar-refractivity contribution in [2.45, 2.75) is 34.1 Å². The zero-order valence-electron chi connectivity index (χ0n) is 13.9. The van der Waals surface area contributed by atoms with E-state index in [4.69, 9.17) is 0 Å². The van der Waals surface area contributed by atoms with Gasteiger partial charge >= 0.3 is 0 Å². The fourth-order valence-electron chi connectivity index (χ4n) is 1.96. The van der Waals surface area contributed by atoms with Crippen molar-refractivity contribution in [3.63, 3.8) is 0 Å². The van der Waals surface area contributed by atoms with Crippen molar-refractivity contribution in [2.75, 3.05) is 0 Å². The second-order valence-electron chi connectivity index (χ2n) is 4.38. The summed E-state index contributed by atoms with van der Waals surface area (Å²) < 4.78 is 0. The molecule has 0 atom stereocenters. The molecule has 0 nitrogen and oxygen atoms in total. The second-order valence-corrected chi connectivity index (χ2v) is 5.16. The Morgan fingerprint density at radius 3 is 2.59 bits per heavy atom. The topological polar surface area (TPSA) is 0 Å². The highest BCUT2D eigenvalue weighted by Crippen LogP contribution is 2.25. The van der Waals surface area contributed by atoms with Gasteiger partial charge in [-0.1, -0.05) is 69.0 Å². The summed E-state index contributed by atoms with van der Waals surface area (Å²) in [6.45, 7) is 8.15. The second kappa shape index (κ2) is 10.7. The van der Waals surface area contributed by atoms with Gasteiger partial charge in [-0.05, 0) is 47.4 Å². The molecule has 0 aliphatic rings. The minimum absolute atomic E-state index is 1.00. The lowest BCUT2D eigenvalue weighted by molar-refractivity contribution is 1.21. The fourth-order valence-corrected chi connectivity index (χ4v) is 2.62. The van der Waals surface area contributed by atoms with Crippen molar-refractivity contribution in [1.29, 1.82) is 0 Å². The van der Waals surface area contributed by atoms with Crippen LogP contribution >= 0.6 is 11.3 Å². The molecule has 0 aliphatic carbocycles. The van der Waals surface area contributed by atoms with Crippen molar-refractivity contribution < 1.29 is 0 Å². The van der Waals surface area contributed by atoms with E-state index in [1.165, 1.54) is 11.1 Å². The molecule has 0 spiro atoms. The van der Waals surface area contributed by atoms with Crippen LogP contribution in [-0.4, -0.2) is 0 Å². The van der Waals surface area contributed by atoms with Crippen LogP contribution in [-0.2, 0) is 0 Å². The summed E-state index contributed by atoms with van der Waals surface area (Å²) in [7, 11) is 0. The molecule has 0 aliphatic heterocycles. The van der Waals surface area contributed by atoms with Gasteiger partial charge in [-0.3, -0.25) is 0 Å². The highest BCUT2D eigenvalue weighted by Gasteiger charge is 2.02. The van der Waals surface area contributed by atoms with E-state index in [1.54, 1.807) is 11.3 Å². The number of thiophene rings is 1. The van der Waals surface area contributed by atoms with Crippen LogP contribution in [0.15, 0.2) is 64.9 Å². The molecule has 22 heavy (non-hydrogen) atoms. The summed E-state index contributed by atoms with van der Waals surface area (Å²) in [5.74, 6) is 6.57. The highest BCUT2D eigenvalue weighted by molar-refractivity contribution is 7.08. The van der Waals surface area contributed by atoms with Crippen molar-refractivity contribution in [3.8, 4) is 23.0 Å². The molecule has 0 amide bonds. The molecule has 0 N–H and O–H groups in total. The van der Waals surface area contributed by atoms with E-state index < -0.39 is 0 Å². The predicted molar refractivity (Wildman–Crippen MR) is 101 cm³/mol. The lowest BCUT2D eigenvalue weighted by Gasteiger charge is -2.01. The standard InChI is InChI=1S/C19H18S.C2H6/c1-3-7-16(8-4-2)11-12-17-9-5-6-10-19(17)18-13-14-20-15-18;1-2/h3,5-10,13-15H,4H2,1-2H3;1-2H3/b7-3-,16-8+;. The van der Waals surface area contributed by atoms with Gasteiger partial charge in [0.05, 0.1) is 0 Å². The molecular weight excluding hydrogens is 284 g/mol. The Bertz CT molecular complexity index is 661. The maximum atomic E-state index is 3.31. The van der Waals surface area contributed by atoms with Crippen LogP contribution in [0.25, 0.3) is 11.1 Å². The van der Waals surface area contributed by atoms with Crippen LogP contribution < -0.4 is 0 Å². The molecule has 0 saturated heterocycles. The summed E-state index contributed by atoms with van der Waals surface area (Å²) in [6.07, 6.45) is 7.24. The summed E-state index contributed by atoms with van der Waals surface area (Å²) in [5, 5.41) is 4.26. The van der Waals surface area contributed by atoms with Crippen molar-refractivity contribution in [2.24, 2.45) is 0 Å². The highest BCUT2D eigenvalue weighted by atomic mass is 32.1. The number of hydrogen-bond donors (Lipinski definition) is 0. The van der Waals surface area contributed by atoms with Crippen LogP contribution in [0.5, 0.6) is 0 Å². The van der Waals surface area contributed by atoms with Gasteiger partial charge in [-0.15, -0.1) is 0 Å². The average Bonchev–Trinajstić information content (AvgIpc) is 3.09. The van der Waals surface area contributed by atoms with Crippen LogP contribution in [0.1, 0.15) is 39.7 Å². The van der Waals surface area contributed by atoms with Gasteiger partial charge in [-0.25, -0.2) is 0 Å². The number of allylic oxidation sites excluding steroid dienone is 4. The summed E-state index contributed by atoms with van der Waals surface area (Å²) in [5.41, 5.74) is 4.61. The zero-order valence-corrected chi connectivity index (χ0v) is 14.7. The fraction of sp³-hybridized carbons (Fsp3) is 0.238. The predicted octanol–water partition coefficient (Wildman–Crippen LogP) is 6.71. The lowest BCUT2D eigenvalue weighted by Crippen LogP contribution is -1.82. The SMILES string of the molecule is C/C=C\C(C#Cc1ccccc1-c1ccsc1)=C/CC.CC. The van der Waals surface area contributed by atoms with Gasteiger partial charge < -0.3 is 0 Å². The molecule has 2 rings (SSSR count). The van der Waals surface area contributed by atoms with E-state index in [-0.39, 0.29) is 0 Å². The molecule has 0 unspecified atom stereocenters. The lowest BCUT2D eigenvalue weighted by atomic mass is 10.0.